The second kappa shape index (κ2) is 11.1. The number of methoxy groups -OCH3 is 1. The predicted molar refractivity (Wildman–Crippen MR) is 117 cm³/mol. The van der Waals surface area contributed by atoms with Gasteiger partial charge in [-0.25, -0.2) is 0 Å². The SMILES string of the molecule is CCc1cc(C)c2cc(OC)cc(NCCCCCCN(CC)CC)c2n1. The molecule has 1 N–H and O–H groups in total. The zero-order valence-electron chi connectivity index (χ0n) is 17.9. The average molecular weight is 372 g/mol. The molecule has 4 nitrogen and oxygen atoms in total. The van der Waals surface area contributed by atoms with Gasteiger partial charge in [0.1, 0.15) is 5.75 Å². The van der Waals surface area contributed by atoms with Crippen LogP contribution < -0.4 is 10.1 Å². The molecule has 0 aliphatic rings. The second-order valence-electron chi connectivity index (χ2n) is 7.22. The van der Waals surface area contributed by atoms with E-state index in [0.29, 0.717) is 0 Å². The van der Waals surface area contributed by atoms with E-state index in [-0.39, 0.29) is 0 Å². The molecule has 27 heavy (non-hydrogen) atoms. The van der Waals surface area contributed by atoms with Crippen LogP contribution in [0.5, 0.6) is 5.75 Å². The first kappa shape index (κ1) is 21.5. The molecule has 1 aromatic heterocycles. The van der Waals surface area contributed by atoms with Crippen LogP contribution >= 0.6 is 0 Å². The molecule has 2 aromatic rings. The molecule has 1 heterocycles. The Labute approximate surface area is 165 Å². The van der Waals surface area contributed by atoms with Crippen LogP contribution in [0.25, 0.3) is 10.9 Å². The van der Waals surface area contributed by atoms with E-state index in [1.807, 2.05) is 0 Å². The number of ether oxygens (including phenoxy) is 1. The fourth-order valence-corrected chi connectivity index (χ4v) is 3.54. The Morgan fingerprint density at radius 3 is 2.41 bits per heavy atom. The first-order valence-corrected chi connectivity index (χ1v) is 10.6. The van der Waals surface area contributed by atoms with Gasteiger partial charge in [0.05, 0.1) is 18.3 Å². The van der Waals surface area contributed by atoms with Gasteiger partial charge in [-0.15, -0.1) is 0 Å². The fraction of sp³-hybridized carbons (Fsp3) is 0.609. The van der Waals surface area contributed by atoms with Crippen molar-refractivity contribution < 1.29 is 4.74 Å². The molecule has 0 saturated heterocycles. The lowest BCUT2D eigenvalue weighted by Crippen LogP contribution is -2.23. The topological polar surface area (TPSA) is 37.4 Å². The number of hydrogen-bond acceptors (Lipinski definition) is 4. The van der Waals surface area contributed by atoms with Gasteiger partial charge in [0.25, 0.3) is 0 Å². The maximum Gasteiger partial charge on any atom is 0.121 e. The number of rotatable bonds is 12. The number of pyridine rings is 1. The van der Waals surface area contributed by atoms with E-state index in [4.69, 9.17) is 9.72 Å². The number of benzene rings is 1. The van der Waals surface area contributed by atoms with Crippen molar-refractivity contribution in [2.45, 2.75) is 59.8 Å². The Hall–Kier alpha value is -1.81. The smallest absolute Gasteiger partial charge is 0.121 e. The van der Waals surface area contributed by atoms with E-state index in [1.165, 1.54) is 43.2 Å². The van der Waals surface area contributed by atoms with Crippen molar-refractivity contribution in [3.63, 3.8) is 0 Å². The molecule has 4 heteroatoms. The molecule has 0 aliphatic heterocycles. The molecule has 150 valence electrons. The summed E-state index contributed by atoms with van der Waals surface area (Å²) in [6.45, 7) is 13.3. The summed E-state index contributed by atoms with van der Waals surface area (Å²) < 4.78 is 5.51. The molecule has 0 unspecified atom stereocenters. The molecular weight excluding hydrogens is 334 g/mol. The molecule has 0 saturated carbocycles. The molecule has 0 radical (unpaired) electrons. The lowest BCUT2D eigenvalue weighted by Gasteiger charge is -2.17. The summed E-state index contributed by atoms with van der Waals surface area (Å²) in [5, 5.41) is 4.78. The van der Waals surface area contributed by atoms with Crippen LogP contribution in [0.2, 0.25) is 0 Å². The third kappa shape index (κ3) is 6.10. The van der Waals surface area contributed by atoms with Crippen molar-refractivity contribution >= 4 is 16.6 Å². The van der Waals surface area contributed by atoms with Crippen LogP contribution in [-0.2, 0) is 6.42 Å². The lowest BCUT2D eigenvalue weighted by atomic mass is 10.1. The van der Waals surface area contributed by atoms with Crippen molar-refractivity contribution in [1.82, 2.24) is 9.88 Å². The highest BCUT2D eigenvalue weighted by atomic mass is 16.5. The Morgan fingerprint density at radius 2 is 1.74 bits per heavy atom. The quantitative estimate of drug-likeness (QED) is 0.505. The van der Waals surface area contributed by atoms with E-state index in [1.54, 1.807) is 7.11 Å². The predicted octanol–water partition coefficient (Wildman–Crippen LogP) is 5.43. The summed E-state index contributed by atoms with van der Waals surface area (Å²) in [5.41, 5.74) is 4.56. The first-order valence-electron chi connectivity index (χ1n) is 10.6. The second-order valence-corrected chi connectivity index (χ2v) is 7.22. The summed E-state index contributed by atoms with van der Waals surface area (Å²) in [4.78, 5) is 7.37. The minimum atomic E-state index is 0.887. The Balaban J connectivity index is 1.94. The summed E-state index contributed by atoms with van der Waals surface area (Å²) in [6.07, 6.45) is 6.00. The Morgan fingerprint density at radius 1 is 1.00 bits per heavy atom. The van der Waals surface area contributed by atoms with Gasteiger partial charge in [0, 0.05) is 23.7 Å². The summed E-state index contributed by atoms with van der Waals surface area (Å²) in [6, 6.07) is 6.35. The van der Waals surface area contributed by atoms with E-state index in [0.717, 1.165) is 48.7 Å². The van der Waals surface area contributed by atoms with Crippen molar-refractivity contribution in [1.29, 1.82) is 0 Å². The van der Waals surface area contributed by atoms with Gasteiger partial charge < -0.3 is 15.0 Å². The summed E-state index contributed by atoms with van der Waals surface area (Å²) in [5.74, 6) is 0.887. The number of nitrogens with zero attached hydrogens (tertiary/aromatic N) is 2. The zero-order chi connectivity index (χ0) is 19.6. The number of fused-ring (bicyclic) bond motifs is 1. The van der Waals surface area contributed by atoms with Gasteiger partial charge in [-0.3, -0.25) is 4.98 Å². The monoisotopic (exact) mass is 371 g/mol. The van der Waals surface area contributed by atoms with Gasteiger partial charge >= 0.3 is 0 Å². The number of aromatic nitrogens is 1. The fourth-order valence-electron chi connectivity index (χ4n) is 3.54. The molecule has 2 rings (SSSR count). The average Bonchev–Trinajstić information content (AvgIpc) is 2.70. The highest BCUT2D eigenvalue weighted by Crippen LogP contribution is 2.30. The van der Waals surface area contributed by atoms with Crippen LogP contribution in [0.15, 0.2) is 18.2 Å². The first-order chi connectivity index (χ1) is 13.1. The minimum Gasteiger partial charge on any atom is -0.497 e. The lowest BCUT2D eigenvalue weighted by molar-refractivity contribution is 0.295. The zero-order valence-corrected chi connectivity index (χ0v) is 17.9. The van der Waals surface area contributed by atoms with Gasteiger partial charge in [-0.2, -0.15) is 0 Å². The summed E-state index contributed by atoms with van der Waals surface area (Å²) >= 11 is 0. The summed E-state index contributed by atoms with van der Waals surface area (Å²) in [7, 11) is 1.73. The number of hydrogen-bond donors (Lipinski definition) is 1. The van der Waals surface area contributed by atoms with Crippen LogP contribution in [0.3, 0.4) is 0 Å². The maximum absolute atomic E-state index is 5.51. The minimum absolute atomic E-state index is 0.887. The molecule has 0 amide bonds. The molecule has 0 spiro atoms. The number of anilines is 1. The van der Waals surface area contributed by atoms with E-state index in [2.05, 4.69) is 56.1 Å². The highest BCUT2D eigenvalue weighted by molar-refractivity contribution is 5.94. The van der Waals surface area contributed by atoms with Gasteiger partial charge in [-0.05, 0) is 63.5 Å². The van der Waals surface area contributed by atoms with Crippen LogP contribution in [0, 0.1) is 6.92 Å². The number of nitrogens with one attached hydrogen (secondary N) is 1. The molecule has 0 atom stereocenters. The number of unbranched alkanes of at least 4 members (excludes halogenated alkanes) is 3. The van der Waals surface area contributed by atoms with E-state index >= 15 is 0 Å². The van der Waals surface area contributed by atoms with Crippen molar-refractivity contribution in [3.8, 4) is 5.75 Å². The normalized spacial score (nSPS) is 11.3. The molecule has 1 aromatic carbocycles. The van der Waals surface area contributed by atoms with Crippen LogP contribution in [0.1, 0.15) is 57.7 Å². The molecule has 0 fully saturated rings. The van der Waals surface area contributed by atoms with E-state index < -0.39 is 0 Å². The van der Waals surface area contributed by atoms with Crippen molar-refractivity contribution in [2.24, 2.45) is 0 Å². The highest BCUT2D eigenvalue weighted by Gasteiger charge is 2.10. The van der Waals surface area contributed by atoms with E-state index in [9.17, 15) is 0 Å². The maximum atomic E-state index is 5.51. The largest absolute Gasteiger partial charge is 0.497 e. The van der Waals surface area contributed by atoms with Crippen molar-refractivity contribution in [2.75, 3.05) is 38.6 Å². The van der Waals surface area contributed by atoms with Gasteiger partial charge in [-0.1, -0.05) is 33.6 Å². The molecule has 0 bridgehead atoms. The Kier molecular flexibility index (Phi) is 8.86. The standard InChI is InChI=1S/C23H37N3O/c1-6-19-15-18(4)21-16-20(27-5)17-22(23(21)25-19)24-13-11-9-10-12-14-26(7-2)8-3/h15-17,24H,6-14H2,1-5H3. The third-order valence-electron chi connectivity index (χ3n) is 5.36. The van der Waals surface area contributed by atoms with Crippen LogP contribution in [0.4, 0.5) is 5.69 Å². The molecular formula is C23H37N3O. The molecule has 0 aliphatic carbocycles. The van der Waals surface area contributed by atoms with Gasteiger partial charge in [0.2, 0.25) is 0 Å². The Bertz CT molecular complexity index is 710. The van der Waals surface area contributed by atoms with Crippen LogP contribution in [-0.4, -0.2) is 43.2 Å². The third-order valence-corrected chi connectivity index (χ3v) is 5.36. The number of aryl methyl sites for hydroxylation is 2. The van der Waals surface area contributed by atoms with Gasteiger partial charge in [0.15, 0.2) is 0 Å². The van der Waals surface area contributed by atoms with Crippen molar-refractivity contribution in [3.05, 3.63) is 29.5 Å².